The van der Waals surface area contributed by atoms with Crippen LogP contribution < -0.4 is 14.8 Å². The molecule has 17 heavy (non-hydrogen) atoms. The molecule has 0 atom stereocenters. The Bertz CT molecular complexity index is 357. The van der Waals surface area contributed by atoms with Crippen LogP contribution in [-0.2, 0) is 12.8 Å². The number of benzene rings is 1. The third-order valence-electron chi connectivity index (χ3n) is 3.53. The van der Waals surface area contributed by atoms with E-state index in [0.717, 1.165) is 36.8 Å². The molecule has 0 aromatic heterocycles. The van der Waals surface area contributed by atoms with Gasteiger partial charge in [-0.25, -0.2) is 0 Å². The van der Waals surface area contributed by atoms with Gasteiger partial charge >= 0.3 is 0 Å². The molecule has 0 saturated heterocycles. The molecule has 0 spiro atoms. The van der Waals surface area contributed by atoms with Gasteiger partial charge in [-0.1, -0.05) is 0 Å². The second kappa shape index (κ2) is 5.41. The molecule has 2 rings (SSSR count). The topological polar surface area (TPSA) is 30.5 Å². The molecule has 0 saturated carbocycles. The van der Waals surface area contributed by atoms with Crippen molar-refractivity contribution in [1.82, 2.24) is 5.32 Å². The van der Waals surface area contributed by atoms with Gasteiger partial charge in [0.25, 0.3) is 0 Å². The first-order valence-electron chi connectivity index (χ1n) is 6.16. The van der Waals surface area contributed by atoms with Crippen LogP contribution in [-0.4, -0.2) is 27.8 Å². The smallest absolute Gasteiger partial charge is 0.161 e. The second-order valence-corrected chi connectivity index (χ2v) is 4.64. The maximum absolute atomic E-state index is 5.34. The molecular formula is C14H21NO2. The van der Waals surface area contributed by atoms with Gasteiger partial charge in [-0.15, -0.1) is 0 Å². The lowest BCUT2D eigenvalue weighted by Crippen LogP contribution is -2.13. The summed E-state index contributed by atoms with van der Waals surface area (Å²) >= 11 is 0. The maximum atomic E-state index is 5.34. The van der Waals surface area contributed by atoms with Crippen LogP contribution in [0.5, 0.6) is 11.5 Å². The van der Waals surface area contributed by atoms with E-state index in [4.69, 9.17) is 9.47 Å². The number of ether oxygens (including phenoxy) is 2. The lowest BCUT2D eigenvalue weighted by Gasteiger charge is -2.09. The summed E-state index contributed by atoms with van der Waals surface area (Å²) in [7, 11) is 5.39. The molecular weight excluding hydrogens is 214 g/mol. The summed E-state index contributed by atoms with van der Waals surface area (Å²) in [5.74, 6) is 2.45. The highest BCUT2D eigenvalue weighted by Gasteiger charge is 2.23. The Morgan fingerprint density at radius 3 is 2.06 bits per heavy atom. The van der Waals surface area contributed by atoms with Gasteiger partial charge in [-0.2, -0.15) is 0 Å². The Morgan fingerprint density at radius 2 is 1.65 bits per heavy atom. The SMILES string of the molecule is CNCCC1Cc2cc(OC)c(OC)cc2C1. The zero-order valence-corrected chi connectivity index (χ0v) is 10.9. The lowest BCUT2D eigenvalue weighted by atomic mass is 10.0. The van der Waals surface area contributed by atoms with Crippen molar-refractivity contribution >= 4 is 0 Å². The van der Waals surface area contributed by atoms with Crippen molar-refractivity contribution in [3.8, 4) is 11.5 Å². The molecule has 3 nitrogen and oxygen atoms in total. The molecule has 1 aliphatic rings. The van der Waals surface area contributed by atoms with E-state index in [2.05, 4.69) is 17.4 Å². The highest BCUT2D eigenvalue weighted by molar-refractivity contribution is 5.49. The highest BCUT2D eigenvalue weighted by atomic mass is 16.5. The molecule has 0 aliphatic heterocycles. The van der Waals surface area contributed by atoms with Crippen LogP contribution in [0.15, 0.2) is 12.1 Å². The first-order valence-corrected chi connectivity index (χ1v) is 6.16. The summed E-state index contributed by atoms with van der Waals surface area (Å²) in [6.45, 7) is 1.09. The average Bonchev–Trinajstić information content (AvgIpc) is 2.76. The molecule has 1 N–H and O–H groups in total. The Morgan fingerprint density at radius 1 is 1.12 bits per heavy atom. The number of nitrogens with one attached hydrogen (secondary N) is 1. The maximum Gasteiger partial charge on any atom is 0.161 e. The molecule has 0 amide bonds. The van der Waals surface area contributed by atoms with Gasteiger partial charge < -0.3 is 14.8 Å². The minimum atomic E-state index is 0.759. The Kier molecular flexibility index (Phi) is 3.89. The van der Waals surface area contributed by atoms with E-state index in [9.17, 15) is 0 Å². The normalized spacial score (nSPS) is 14.8. The first-order chi connectivity index (χ1) is 8.28. The summed E-state index contributed by atoms with van der Waals surface area (Å²) in [6.07, 6.45) is 3.56. The fourth-order valence-corrected chi connectivity index (χ4v) is 2.59. The van der Waals surface area contributed by atoms with Gasteiger partial charge in [-0.3, -0.25) is 0 Å². The Hall–Kier alpha value is -1.22. The van der Waals surface area contributed by atoms with Crippen LogP contribution in [0.4, 0.5) is 0 Å². The fraction of sp³-hybridized carbons (Fsp3) is 0.571. The van der Waals surface area contributed by atoms with Crippen LogP contribution >= 0.6 is 0 Å². The summed E-state index contributed by atoms with van der Waals surface area (Å²) in [4.78, 5) is 0. The molecule has 94 valence electrons. The van der Waals surface area contributed by atoms with Crippen LogP contribution in [0.2, 0.25) is 0 Å². The minimum Gasteiger partial charge on any atom is -0.493 e. The third-order valence-corrected chi connectivity index (χ3v) is 3.53. The zero-order valence-electron chi connectivity index (χ0n) is 10.9. The van der Waals surface area contributed by atoms with Crippen LogP contribution in [0, 0.1) is 5.92 Å². The molecule has 0 heterocycles. The predicted octanol–water partition coefficient (Wildman–Crippen LogP) is 2.03. The van der Waals surface area contributed by atoms with E-state index in [1.807, 2.05) is 7.05 Å². The molecule has 1 aromatic carbocycles. The average molecular weight is 235 g/mol. The van der Waals surface area contributed by atoms with Gasteiger partial charge in [0.15, 0.2) is 11.5 Å². The van der Waals surface area contributed by atoms with Gasteiger partial charge in [0.2, 0.25) is 0 Å². The zero-order chi connectivity index (χ0) is 12.3. The minimum absolute atomic E-state index is 0.759. The molecule has 0 unspecified atom stereocenters. The van der Waals surface area contributed by atoms with Gasteiger partial charge in [0, 0.05) is 0 Å². The molecule has 0 fully saturated rings. The van der Waals surface area contributed by atoms with Crippen molar-refractivity contribution in [3.63, 3.8) is 0 Å². The summed E-state index contributed by atoms with van der Waals surface area (Å²) < 4.78 is 10.7. The van der Waals surface area contributed by atoms with Crippen molar-refractivity contribution in [2.75, 3.05) is 27.8 Å². The quantitative estimate of drug-likeness (QED) is 0.847. The van der Waals surface area contributed by atoms with E-state index >= 15 is 0 Å². The molecule has 0 bridgehead atoms. The van der Waals surface area contributed by atoms with E-state index < -0.39 is 0 Å². The lowest BCUT2D eigenvalue weighted by molar-refractivity contribution is 0.354. The van der Waals surface area contributed by atoms with Crippen molar-refractivity contribution in [2.45, 2.75) is 19.3 Å². The van der Waals surface area contributed by atoms with Crippen LogP contribution in [0.25, 0.3) is 0 Å². The number of hydrogen-bond acceptors (Lipinski definition) is 3. The summed E-state index contributed by atoms with van der Waals surface area (Å²) in [5, 5.41) is 3.22. The number of hydrogen-bond donors (Lipinski definition) is 1. The standard InChI is InChI=1S/C14H21NO2/c1-15-5-4-10-6-11-8-13(16-2)14(17-3)9-12(11)7-10/h8-10,15H,4-7H2,1-3H3. The Labute approximate surface area is 103 Å². The van der Waals surface area contributed by atoms with Crippen molar-refractivity contribution in [3.05, 3.63) is 23.3 Å². The summed E-state index contributed by atoms with van der Waals surface area (Å²) in [6, 6.07) is 4.26. The monoisotopic (exact) mass is 235 g/mol. The van der Waals surface area contributed by atoms with Crippen LogP contribution in [0.1, 0.15) is 17.5 Å². The molecule has 1 aliphatic carbocycles. The summed E-state index contributed by atoms with van der Waals surface area (Å²) in [5.41, 5.74) is 2.84. The predicted molar refractivity (Wildman–Crippen MR) is 69.0 cm³/mol. The Balaban J connectivity index is 2.15. The van der Waals surface area contributed by atoms with Crippen LogP contribution in [0.3, 0.4) is 0 Å². The second-order valence-electron chi connectivity index (χ2n) is 4.64. The third kappa shape index (κ3) is 2.55. The highest BCUT2D eigenvalue weighted by Crippen LogP contribution is 2.37. The molecule has 0 radical (unpaired) electrons. The van der Waals surface area contributed by atoms with Gasteiger partial charge in [-0.05, 0) is 62.0 Å². The fourth-order valence-electron chi connectivity index (χ4n) is 2.59. The van der Waals surface area contributed by atoms with Gasteiger partial charge in [0.1, 0.15) is 0 Å². The van der Waals surface area contributed by atoms with Crippen molar-refractivity contribution in [2.24, 2.45) is 5.92 Å². The number of methoxy groups -OCH3 is 2. The van der Waals surface area contributed by atoms with E-state index in [1.54, 1.807) is 14.2 Å². The molecule has 1 aromatic rings. The number of fused-ring (bicyclic) bond motifs is 1. The largest absolute Gasteiger partial charge is 0.493 e. The van der Waals surface area contributed by atoms with Crippen molar-refractivity contribution in [1.29, 1.82) is 0 Å². The first kappa shape index (κ1) is 12.2. The van der Waals surface area contributed by atoms with Gasteiger partial charge in [0.05, 0.1) is 14.2 Å². The van der Waals surface area contributed by atoms with E-state index in [-0.39, 0.29) is 0 Å². The van der Waals surface area contributed by atoms with E-state index in [0.29, 0.717) is 0 Å². The number of rotatable bonds is 5. The van der Waals surface area contributed by atoms with Crippen molar-refractivity contribution < 1.29 is 9.47 Å². The molecule has 3 heteroatoms. The van der Waals surface area contributed by atoms with E-state index in [1.165, 1.54) is 17.5 Å².